The van der Waals surface area contributed by atoms with Crippen LogP contribution in [0.25, 0.3) is 5.82 Å². The third-order valence-electron chi connectivity index (χ3n) is 6.51. The smallest absolute Gasteiger partial charge is 0.231 e. The number of carbonyl (C=O) groups is 1. The summed E-state index contributed by atoms with van der Waals surface area (Å²) in [6, 6.07) is 7.72. The van der Waals surface area contributed by atoms with Crippen LogP contribution in [-0.2, 0) is 17.8 Å². The van der Waals surface area contributed by atoms with Gasteiger partial charge in [0.25, 0.3) is 0 Å². The molecule has 0 bridgehead atoms. The van der Waals surface area contributed by atoms with Crippen molar-refractivity contribution in [3.8, 4) is 17.3 Å². The van der Waals surface area contributed by atoms with Crippen molar-refractivity contribution in [1.29, 1.82) is 0 Å². The molecule has 9 nitrogen and oxygen atoms in total. The fourth-order valence-electron chi connectivity index (χ4n) is 4.59. The number of ether oxygens (including phenoxy) is 2. The number of aromatic nitrogens is 4. The number of rotatable bonds is 7. The van der Waals surface area contributed by atoms with Crippen LogP contribution in [0.5, 0.6) is 11.5 Å². The highest BCUT2D eigenvalue weighted by molar-refractivity contribution is 5.76. The van der Waals surface area contributed by atoms with Gasteiger partial charge in [-0.05, 0) is 62.8 Å². The zero-order valence-corrected chi connectivity index (χ0v) is 19.7. The van der Waals surface area contributed by atoms with Crippen LogP contribution in [0.1, 0.15) is 48.2 Å². The Kier molecular flexibility index (Phi) is 6.33. The van der Waals surface area contributed by atoms with Crippen molar-refractivity contribution in [3.63, 3.8) is 0 Å². The van der Waals surface area contributed by atoms with E-state index < -0.39 is 0 Å². The standard InChI is InChI=1S/C25H30N6O3/c1-17-20(7-9-25(32)26-14-19-6-8-21-22(12-19)34-16-33-21)18(2)31(29-17)24-13-23(27-15-28-24)30-10-4-3-5-11-30/h6,8,12-13,15H,3-5,7,9-11,14,16H2,1-2H3,(H,26,32). The Morgan fingerprint density at radius 3 is 2.68 bits per heavy atom. The number of hydrogen-bond acceptors (Lipinski definition) is 7. The third-order valence-corrected chi connectivity index (χ3v) is 6.51. The van der Waals surface area contributed by atoms with E-state index in [1.165, 1.54) is 19.3 Å². The van der Waals surface area contributed by atoms with E-state index in [1.54, 1.807) is 6.33 Å². The molecule has 0 aliphatic carbocycles. The molecule has 2 aliphatic heterocycles. The highest BCUT2D eigenvalue weighted by Crippen LogP contribution is 2.32. The Morgan fingerprint density at radius 2 is 1.82 bits per heavy atom. The van der Waals surface area contributed by atoms with Gasteiger partial charge < -0.3 is 19.7 Å². The summed E-state index contributed by atoms with van der Waals surface area (Å²) in [7, 11) is 0. The van der Waals surface area contributed by atoms with E-state index in [2.05, 4.69) is 20.2 Å². The van der Waals surface area contributed by atoms with Gasteiger partial charge in [0.05, 0.1) is 5.69 Å². The fourth-order valence-corrected chi connectivity index (χ4v) is 4.59. The fraction of sp³-hybridized carbons (Fsp3) is 0.440. The number of hydrogen-bond donors (Lipinski definition) is 1. The van der Waals surface area contributed by atoms with E-state index in [0.717, 1.165) is 58.7 Å². The van der Waals surface area contributed by atoms with Crippen LogP contribution >= 0.6 is 0 Å². The van der Waals surface area contributed by atoms with Gasteiger partial charge in [0, 0.05) is 37.8 Å². The monoisotopic (exact) mass is 462 g/mol. The van der Waals surface area contributed by atoms with Crippen molar-refractivity contribution in [2.24, 2.45) is 0 Å². The number of amides is 1. The maximum absolute atomic E-state index is 12.5. The van der Waals surface area contributed by atoms with Crippen molar-refractivity contribution < 1.29 is 14.3 Å². The Bertz CT molecular complexity index is 1190. The molecular formula is C25H30N6O3. The summed E-state index contributed by atoms with van der Waals surface area (Å²) < 4.78 is 12.6. The van der Waals surface area contributed by atoms with Crippen molar-refractivity contribution in [3.05, 3.63) is 53.1 Å². The molecule has 0 saturated carbocycles. The second-order valence-corrected chi connectivity index (χ2v) is 8.81. The molecule has 34 heavy (non-hydrogen) atoms. The number of piperidine rings is 1. The SMILES string of the molecule is Cc1nn(-c2cc(N3CCCCC3)ncn2)c(C)c1CCC(=O)NCc1ccc2c(c1)OCO2. The summed E-state index contributed by atoms with van der Waals surface area (Å²) in [6.45, 7) is 6.76. The predicted octanol–water partition coefficient (Wildman–Crippen LogP) is 3.25. The predicted molar refractivity (Wildman–Crippen MR) is 127 cm³/mol. The molecule has 4 heterocycles. The summed E-state index contributed by atoms with van der Waals surface area (Å²) in [5.74, 6) is 3.17. The largest absolute Gasteiger partial charge is 0.454 e. The second-order valence-electron chi connectivity index (χ2n) is 8.81. The van der Waals surface area contributed by atoms with Gasteiger partial charge in [0.1, 0.15) is 12.1 Å². The van der Waals surface area contributed by atoms with E-state index >= 15 is 0 Å². The molecule has 178 valence electrons. The van der Waals surface area contributed by atoms with Gasteiger partial charge >= 0.3 is 0 Å². The van der Waals surface area contributed by atoms with Crippen LogP contribution in [0, 0.1) is 13.8 Å². The van der Waals surface area contributed by atoms with E-state index in [-0.39, 0.29) is 12.7 Å². The van der Waals surface area contributed by atoms with Gasteiger partial charge in [-0.3, -0.25) is 4.79 Å². The number of carbonyl (C=O) groups excluding carboxylic acids is 1. The first-order valence-corrected chi connectivity index (χ1v) is 11.9. The second kappa shape index (κ2) is 9.70. The van der Waals surface area contributed by atoms with Gasteiger partial charge in [-0.25, -0.2) is 14.6 Å². The number of nitrogens with one attached hydrogen (secondary N) is 1. The summed E-state index contributed by atoms with van der Waals surface area (Å²) in [6.07, 6.45) is 6.29. The average Bonchev–Trinajstić information content (AvgIpc) is 3.45. The molecule has 1 aromatic carbocycles. The molecule has 0 unspecified atom stereocenters. The van der Waals surface area contributed by atoms with Gasteiger partial charge in [0.2, 0.25) is 12.7 Å². The summed E-state index contributed by atoms with van der Waals surface area (Å²) >= 11 is 0. The highest BCUT2D eigenvalue weighted by Gasteiger charge is 2.18. The molecule has 2 aliphatic rings. The lowest BCUT2D eigenvalue weighted by atomic mass is 10.1. The lowest BCUT2D eigenvalue weighted by Crippen LogP contribution is -2.30. The average molecular weight is 463 g/mol. The number of aryl methyl sites for hydroxylation is 1. The lowest BCUT2D eigenvalue weighted by molar-refractivity contribution is -0.121. The molecule has 3 aromatic rings. The molecule has 1 N–H and O–H groups in total. The highest BCUT2D eigenvalue weighted by atomic mass is 16.7. The van der Waals surface area contributed by atoms with Crippen LogP contribution in [0.2, 0.25) is 0 Å². The number of fused-ring (bicyclic) bond motifs is 1. The molecule has 1 saturated heterocycles. The summed E-state index contributed by atoms with van der Waals surface area (Å²) in [5, 5.41) is 7.71. The van der Waals surface area contributed by atoms with Crippen LogP contribution in [0.4, 0.5) is 5.82 Å². The van der Waals surface area contributed by atoms with Crippen LogP contribution in [-0.4, -0.2) is 45.5 Å². The normalized spacial score (nSPS) is 14.9. The molecule has 5 rings (SSSR count). The van der Waals surface area contributed by atoms with Crippen LogP contribution in [0.3, 0.4) is 0 Å². The topological polar surface area (TPSA) is 94.4 Å². The van der Waals surface area contributed by atoms with Gasteiger partial charge in [-0.1, -0.05) is 6.07 Å². The first-order chi connectivity index (χ1) is 16.6. The first kappa shape index (κ1) is 22.2. The number of benzene rings is 1. The number of anilines is 1. The van der Waals surface area contributed by atoms with Crippen LogP contribution in [0.15, 0.2) is 30.6 Å². The van der Waals surface area contributed by atoms with Crippen molar-refractivity contribution in [1.82, 2.24) is 25.1 Å². The number of nitrogens with zero attached hydrogens (tertiary/aromatic N) is 5. The zero-order chi connectivity index (χ0) is 23.5. The molecular weight excluding hydrogens is 432 g/mol. The molecule has 0 atom stereocenters. The summed E-state index contributed by atoms with van der Waals surface area (Å²) in [5.41, 5.74) is 3.98. The van der Waals surface area contributed by atoms with Crippen molar-refractivity contribution in [2.75, 3.05) is 24.8 Å². The lowest BCUT2D eigenvalue weighted by Gasteiger charge is -2.27. The van der Waals surface area contributed by atoms with Crippen molar-refractivity contribution >= 4 is 11.7 Å². The molecule has 2 aromatic heterocycles. The maximum Gasteiger partial charge on any atom is 0.231 e. The minimum atomic E-state index is -0.00126. The Morgan fingerprint density at radius 1 is 1.03 bits per heavy atom. The minimum Gasteiger partial charge on any atom is -0.454 e. The molecule has 1 amide bonds. The zero-order valence-electron chi connectivity index (χ0n) is 19.7. The van der Waals surface area contributed by atoms with Crippen molar-refractivity contribution in [2.45, 2.75) is 52.5 Å². The quantitative estimate of drug-likeness (QED) is 0.576. The van der Waals surface area contributed by atoms with Gasteiger partial charge in [0.15, 0.2) is 17.3 Å². The van der Waals surface area contributed by atoms with E-state index in [1.807, 2.05) is 42.8 Å². The van der Waals surface area contributed by atoms with Gasteiger partial charge in [-0.2, -0.15) is 5.10 Å². The summed E-state index contributed by atoms with van der Waals surface area (Å²) in [4.78, 5) is 23.8. The third kappa shape index (κ3) is 4.69. The Balaban J connectivity index is 1.21. The van der Waals surface area contributed by atoms with E-state index in [0.29, 0.717) is 19.4 Å². The Hall–Kier alpha value is -3.62. The molecule has 9 heteroatoms. The molecule has 0 spiro atoms. The van der Waals surface area contributed by atoms with E-state index in [9.17, 15) is 4.79 Å². The molecule has 0 radical (unpaired) electrons. The van der Waals surface area contributed by atoms with Gasteiger partial charge in [-0.15, -0.1) is 0 Å². The van der Waals surface area contributed by atoms with Crippen LogP contribution < -0.4 is 19.7 Å². The molecule has 1 fully saturated rings. The maximum atomic E-state index is 12.5. The van der Waals surface area contributed by atoms with E-state index in [4.69, 9.17) is 14.6 Å². The Labute approximate surface area is 199 Å². The minimum absolute atomic E-state index is 0.00126. The first-order valence-electron chi connectivity index (χ1n) is 11.9.